The second-order valence-corrected chi connectivity index (χ2v) is 7.27. The molecule has 0 saturated carbocycles. The molecule has 0 fully saturated rings. The van der Waals surface area contributed by atoms with E-state index >= 15 is 0 Å². The molecule has 2 aromatic carbocycles. The Morgan fingerprint density at radius 2 is 1.94 bits per heavy atom. The molecule has 0 aliphatic carbocycles. The summed E-state index contributed by atoms with van der Waals surface area (Å²) in [7, 11) is 2.63. The molecule has 34 heavy (non-hydrogen) atoms. The summed E-state index contributed by atoms with van der Waals surface area (Å²) in [6, 6.07) is 11.3. The second kappa shape index (κ2) is 9.79. The van der Waals surface area contributed by atoms with Crippen molar-refractivity contribution in [1.82, 2.24) is 0 Å². The predicted octanol–water partition coefficient (Wildman–Crippen LogP) is 4.55. The normalized spacial score (nSPS) is 16.0. The summed E-state index contributed by atoms with van der Waals surface area (Å²) in [6.45, 7) is 1.39. The second-order valence-electron chi connectivity index (χ2n) is 7.27. The number of carbonyl (C=O) groups excluding carboxylic acids is 1. The fraction of sp³-hybridized carbons (Fsp3) is 0.250. The van der Waals surface area contributed by atoms with Crippen LogP contribution in [0.15, 0.2) is 65.3 Å². The number of carbonyl (C=O) groups is 1. The molecule has 1 aliphatic heterocycles. The molecule has 0 spiro atoms. The minimum absolute atomic E-state index is 0.0147. The molecule has 7 nitrogen and oxygen atoms in total. The summed E-state index contributed by atoms with van der Waals surface area (Å²) in [6.07, 6.45) is -4.51. The number of nitriles is 1. The number of allylic oxidation sites excluding steroid dienone is 2. The lowest BCUT2D eigenvalue weighted by Gasteiger charge is -2.27. The van der Waals surface area contributed by atoms with Gasteiger partial charge in [0, 0.05) is 5.56 Å². The van der Waals surface area contributed by atoms with E-state index < -0.39 is 23.6 Å². The standard InChI is InChI=1S/C24H21F3N2O5/c1-13-20(23(30)32-3)21(18(11-28)22(29)34-13)14-7-8-19(31-2)15(9-14)12-33-17-6-4-5-16(10-17)24(25,26)27/h4-10,21H,12,29H2,1-3H3. The number of methoxy groups -OCH3 is 2. The van der Waals surface area contributed by atoms with Crippen LogP contribution in [0, 0.1) is 11.3 Å². The minimum atomic E-state index is -4.51. The summed E-state index contributed by atoms with van der Waals surface area (Å²) in [5.74, 6) is -1.12. The Kier molecular flexibility index (Phi) is 7.05. The molecule has 3 rings (SSSR count). The highest BCUT2D eigenvalue weighted by Gasteiger charge is 2.36. The van der Waals surface area contributed by atoms with Crippen molar-refractivity contribution in [3.05, 3.63) is 81.9 Å². The molecule has 1 atom stereocenters. The number of hydrogen-bond acceptors (Lipinski definition) is 7. The molecule has 2 N–H and O–H groups in total. The molecule has 0 saturated heterocycles. The Hall–Kier alpha value is -4.13. The highest BCUT2D eigenvalue weighted by molar-refractivity contribution is 5.92. The van der Waals surface area contributed by atoms with Crippen LogP contribution >= 0.6 is 0 Å². The van der Waals surface area contributed by atoms with Crippen molar-refractivity contribution < 1.29 is 36.9 Å². The van der Waals surface area contributed by atoms with Gasteiger partial charge in [0.1, 0.15) is 35.5 Å². The number of rotatable bonds is 6. The van der Waals surface area contributed by atoms with E-state index in [1.165, 1.54) is 33.3 Å². The number of esters is 1. The van der Waals surface area contributed by atoms with E-state index in [2.05, 4.69) is 0 Å². The van der Waals surface area contributed by atoms with Crippen LogP contribution in [0.3, 0.4) is 0 Å². The van der Waals surface area contributed by atoms with Crippen molar-refractivity contribution in [3.8, 4) is 17.6 Å². The van der Waals surface area contributed by atoms with Gasteiger partial charge in [-0.3, -0.25) is 0 Å². The summed E-state index contributed by atoms with van der Waals surface area (Å²) in [5, 5.41) is 9.68. The van der Waals surface area contributed by atoms with Gasteiger partial charge in [-0.2, -0.15) is 18.4 Å². The van der Waals surface area contributed by atoms with Gasteiger partial charge in [-0.1, -0.05) is 12.1 Å². The van der Waals surface area contributed by atoms with E-state index in [9.17, 15) is 23.2 Å². The number of halogens is 3. The van der Waals surface area contributed by atoms with E-state index in [0.717, 1.165) is 12.1 Å². The van der Waals surface area contributed by atoms with E-state index in [-0.39, 0.29) is 35.1 Å². The van der Waals surface area contributed by atoms with Crippen LogP contribution in [0.2, 0.25) is 0 Å². The fourth-order valence-corrected chi connectivity index (χ4v) is 3.60. The number of ether oxygens (including phenoxy) is 4. The van der Waals surface area contributed by atoms with Crippen molar-refractivity contribution in [2.75, 3.05) is 14.2 Å². The zero-order valence-electron chi connectivity index (χ0n) is 18.5. The van der Waals surface area contributed by atoms with Gasteiger partial charge in [-0.05, 0) is 42.8 Å². The van der Waals surface area contributed by atoms with E-state index in [1.54, 1.807) is 18.2 Å². The van der Waals surface area contributed by atoms with Gasteiger partial charge in [0.05, 0.1) is 31.3 Å². The van der Waals surface area contributed by atoms with Crippen molar-refractivity contribution in [2.45, 2.75) is 25.6 Å². The Balaban J connectivity index is 2.01. The summed E-state index contributed by atoms with van der Waals surface area (Å²) in [5.41, 5.74) is 6.14. The minimum Gasteiger partial charge on any atom is -0.496 e. The van der Waals surface area contributed by atoms with Gasteiger partial charge in [0.2, 0.25) is 5.88 Å². The van der Waals surface area contributed by atoms with Crippen LogP contribution in [0.25, 0.3) is 0 Å². The van der Waals surface area contributed by atoms with Gasteiger partial charge in [-0.15, -0.1) is 0 Å². The molecule has 0 radical (unpaired) electrons. The summed E-state index contributed by atoms with van der Waals surface area (Å²) < 4.78 is 60.2. The van der Waals surface area contributed by atoms with Gasteiger partial charge < -0.3 is 24.7 Å². The van der Waals surface area contributed by atoms with Crippen LogP contribution in [-0.4, -0.2) is 20.2 Å². The molecule has 178 valence electrons. The number of nitrogens with two attached hydrogens (primary N) is 1. The van der Waals surface area contributed by atoms with Crippen LogP contribution in [-0.2, 0) is 27.1 Å². The molecule has 1 aliphatic rings. The summed E-state index contributed by atoms with van der Waals surface area (Å²) >= 11 is 0. The lowest BCUT2D eigenvalue weighted by molar-refractivity contribution is -0.138. The third-order valence-corrected chi connectivity index (χ3v) is 5.20. The lowest BCUT2D eigenvalue weighted by atomic mass is 9.82. The van der Waals surface area contributed by atoms with Crippen LogP contribution in [0.4, 0.5) is 13.2 Å². The first-order chi connectivity index (χ1) is 16.1. The van der Waals surface area contributed by atoms with E-state index in [4.69, 9.17) is 24.7 Å². The topological polar surface area (TPSA) is 104 Å². The first kappa shape index (κ1) is 24.5. The largest absolute Gasteiger partial charge is 0.496 e. The highest BCUT2D eigenvalue weighted by atomic mass is 19.4. The SMILES string of the molecule is COC(=O)C1=C(C)OC(N)=C(C#N)C1c1ccc(OC)c(COc2cccc(C(F)(F)F)c2)c1. The monoisotopic (exact) mass is 474 g/mol. The quantitative estimate of drug-likeness (QED) is 0.613. The maximum Gasteiger partial charge on any atom is 0.416 e. The number of hydrogen-bond donors (Lipinski definition) is 1. The smallest absolute Gasteiger partial charge is 0.416 e. The van der Waals surface area contributed by atoms with Crippen molar-refractivity contribution in [3.63, 3.8) is 0 Å². The number of benzene rings is 2. The third kappa shape index (κ3) is 4.93. The van der Waals surface area contributed by atoms with Crippen molar-refractivity contribution in [1.29, 1.82) is 5.26 Å². The van der Waals surface area contributed by atoms with Gasteiger partial charge in [0.25, 0.3) is 0 Å². The van der Waals surface area contributed by atoms with Crippen LogP contribution in [0.1, 0.15) is 29.5 Å². The predicted molar refractivity (Wildman–Crippen MR) is 114 cm³/mol. The van der Waals surface area contributed by atoms with Crippen molar-refractivity contribution >= 4 is 5.97 Å². The zero-order chi connectivity index (χ0) is 25.0. The third-order valence-electron chi connectivity index (χ3n) is 5.20. The molecule has 0 bridgehead atoms. The Morgan fingerprint density at radius 3 is 2.56 bits per heavy atom. The van der Waals surface area contributed by atoms with E-state index in [1.807, 2.05) is 6.07 Å². The van der Waals surface area contributed by atoms with Gasteiger partial charge >= 0.3 is 12.1 Å². The molecular weight excluding hydrogens is 453 g/mol. The average Bonchev–Trinajstić information content (AvgIpc) is 2.81. The molecule has 0 amide bonds. The maximum absolute atomic E-state index is 13.0. The maximum atomic E-state index is 13.0. The summed E-state index contributed by atoms with van der Waals surface area (Å²) in [4.78, 5) is 12.5. The molecule has 1 unspecified atom stereocenters. The first-order valence-electron chi connectivity index (χ1n) is 9.94. The Labute approximate surface area is 193 Å². The first-order valence-corrected chi connectivity index (χ1v) is 9.94. The van der Waals surface area contributed by atoms with Crippen LogP contribution in [0.5, 0.6) is 11.5 Å². The van der Waals surface area contributed by atoms with Gasteiger partial charge in [0.15, 0.2) is 0 Å². The Morgan fingerprint density at radius 1 is 1.21 bits per heavy atom. The number of alkyl halides is 3. The molecular formula is C24H21F3N2O5. The fourth-order valence-electron chi connectivity index (χ4n) is 3.60. The number of nitrogens with zero attached hydrogens (tertiary/aromatic N) is 1. The molecule has 0 aromatic heterocycles. The van der Waals surface area contributed by atoms with Crippen molar-refractivity contribution in [2.24, 2.45) is 5.73 Å². The highest BCUT2D eigenvalue weighted by Crippen LogP contribution is 2.41. The lowest BCUT2D eigenvalue weighted by Crippen LogP contribution is -2.25. The molecule has 10 heteroatoms. The van der Waals surface area contributed by atoms with Gasteiger partial charge in [-0.25, -0.2) is 4.79 Å². The van der Waals surface area contributed by atoms with Crippen LogP contribution < -0.4 is 15.2 Å². The molecule has 1 heterocycles. The van der Waals surface area contributed by atoms with E-state index in [0.29, 0.717) is 16.9 Å². The molecule has 2 aromatic rings. The zero-order valence-corrected chi connectivity index (χ0v) is 18.5. The Bertz CT molecular complexity index is 1210. The average molecular weight is 474 g/mol.